The minimum absolute atomic E-state index is 0.0966. The number of carbonyl (C=O) groups excluding carboxylic acids is 1. The molecule has 1 aromatic rings. The molecular weight excluding hydrogens is 242 g/mol. The largest absolute Gasteiger partial charge is 0.393 e. The number of aliphatic hydroxyl groups is 1. The molecule has 0 bridgehead atoms. The zero-order chi connectivity index (χ0) is 14.4. The average molecular weight is 267 g/mol. The van der Waals surface area contributed by atoms with Crippen molar-refractivity contribution < 1.29 is 9.90 Å². The molecule has 1 atom stereocenters. The van der Waals surface area contributed by atoms with Crippen molar-refractivity contribution in [1.29, 1.82) is 0 Å². The second-order valence-electron chi connectivity index (χ2n) is 4.88. The maximum Gasteiger partial charge on any atom is 0.255 e. The zero-order valence-electron chi connectivity index (χ0n) is 12.4. The Morgan fingerprint density at radius 2 is 2.11 bits per heavy atom. The maximum atomic E-state index is 12.1. The molecule has 0 aliphatic rings. The van der Waals surface area contributed by atoms with Crippen LogP contribution in [0.3, 0.4) is 0 Å². The van der Waals surface area contributed by atoms with Gasteiger partial charge in [0.05, 0.1) is 17.4 Å². The van der Waals surface area contributed by atoms with E-state index in [0.29, 0.717) is 24.9 Å². The van der Waals surface area contributed by atoms with E-state index in [2.05, 4.69) is 17.3 Å². The molecule has 5 nitrogen and oxygen atoms in total. The van der Waals surface area contributed by atoms with Gasteiger partial charge in [-0.2, -0.15) is 5.10 Å². The molecule has 0 saturated carbocycles. The van der Waals surface area contributed by atoms with Crippen LogP contribution in [0.15, 0.2) is 0 Å². The van der Waals surface area contributed by atoms with Gasteiger partial charge in [0.2, 0.25) is 0 Å². The van der Waals surface area contributed by atoms with Gasteiger partial charge in [-0.05, 0) is 33.1 Å². The smallest absolute Gasteiger partial charge is 0.255 e. The van der Waals surface area contributed by atoms with Gasteiger partial charge in [-0.25, -0.2) is 0 Å². The molecule has 2 N–H and O–H groups in total. The summed E-state index contributed by atoms with van der Waals surface area (Å²) in [5.74, 6) is -0.0966. The van der Waals surface area contributed by atoms with E-state index in [1.165, 1.54) is 0 Å². The number of amides is 1. The van der Waals surface area contributed by atoms with Crippen molar-refractivity contribution in [2.24, 2.45) is 0 Å². The summed E-state index contributed by atoms with van der Waals surface area (Å²) in [6.45, 7) is 9.11. The van der Waals surface area contributed by atoms with E-state index in [1.807, 2.05) is 25.5 Å². The van der Waals surface area contributed by atoms with Crippen LogP contribution < -0.4 is 5.32 Å². The third-order valence-electron chi connectivity index (χ3n) is 3.28. The Kier molecular flexibility index (Phi) is 6.02. The van der Waals surface area contributed by atoms with E-state index in [9.17, 15) is 9.90 Å². The lowest BCUT2D eigenvalue weighted by Crippen LogP contribution is -2.27. The number of hydrogen-bond donors (Lipinski definition) is 2. The van der Waals surface area contributed by atoms with Crippen LogP contribution in [0.1, 0.15) is 54.9 Å². The molecule has 1 amide bonds. The third kappa shape index (κ3) is 4.06. The monoisotopic (exact) mass is 267 g/mol. The Morgan fingerprint density at radius 3 is 2.68 bits per heavy atom. The van der Waals surface area contributed by atoms with E-state index in [0.717, 1.165) is 24.4 Å². The van der Waals surface area contributed by atoms with E-state index in [1.54, 1.807) is 0 Å². The molecule has 108 valence electrons. The molecule has 0 saturated heterocycles. The number of aryl methyl sites for hydroxylation is 2. The fourth-order valence-corrected chi connectivity index (χ4v) is 2.10. The minimum Gasteiger partial charge on any atom is -0.393 e. The van der Waals surface area contributed by atoms with E-state index in [4.69, 9.17) is 0 Å². The fourth-order valence-electron chi connectivity index (χ4n) is 2.10. The van der Waals surface area contributed by atoms with Crippen molar-refractivity contribution in [3.05, 3.63) is 17.0 Å². The normalized spacial score (nSPS) is 12.5. The standard InChI is InChI=1S/C14H25N3O2/c1-5-9-17-11(4)13(10(3)16-17)14(19)15-8-7-12(18)6-2/h12,18H,5-9H2,1-4H3,(H,15,19). The number of carbonyl (C=O) groups is 1. The second-order valence-corrected chi connectivity index (χ2v) is 4.88. The lowest BCUT2D eigenvalue weighted by molar-refractivity contribution is 0.0940. The number of aliphatic hydroxyl groups excluding tert-OH is 1. The SMILES string of the molecule is CCCn1nc(C)c(C(=O)NCCC(O)CC)c1C. The molecule has 0 aromatic carbocycles. The van der Waals surface area contributed by atoms with Gasteiger partial charge in [-0.1, -0.05) is 13.8 Å². The van der Waals surface area contributed by atoms with Gasteiger partial charge in [0, 0.05) is 18.8 Å². The minimum atomic E-state index is -0.342. The molecule has 0 spiro atoms. The van der Waals surface area contributed by atoms with Crippen LogP contribution in [0, 0.1) is 13.8 Å². The fraction of sp³-hybridized carbons (Fsp3) is 0.714. The van der Waals surface area contributed by atoms with E-state index >= 15 is 0 Å². The maximum absolute atomic E-state index is 12.1. The summed E-state index contributed by atoms with van der Waals surface area (Å²) in [7, 11) is 0. The lowest BCUT2D eigenvalue weighted by Gasteiger charge is -2.09. The topological polar surface area (TPSA) is 67.2 Å². The highest BCUT2D eigenvalue weighted by Crippen LogP contribution is 2.13. The first kappa shape index (κ1) is 15.7. The summed E-state index contributed by atoms with van der Waals surface area (Å²) < 4.78 is 1.88. The molecule has 0 aliphatic heterocycles. The van der Waals surface area contributed by atoms with Gasteiger partial charge in [0.25, 0.3) is 5.91 Å². The molecule has 0 fully saturated rings. The molecular formula is C14H25N3O2. The first-order valence-electron chi connectivity index (χ1n) is 7.01. The molecule has 1 unspecified atom stereocenters. The highest BCUT2D eigenvalue weighted by atomic mass is 16.3. The molecule has 1 rings (SSSR count). The van der Waals surface area contributed by atoms with Gasteiger partial charge >= 0.3 is 0 Å². The molecule has 1 aromatic heterocycles. The number of aromatic nitrogens is 2. The highest BCUT2D eigenvalue weighted by Gasteiger charge is 2.18. The van der Waals surface area contributed by atoms with Gasteiger partial charge in [-0.3, -0.25) is 9.48 Å². The zero-order valence-corrected chi connectivity index (χ0v) is 12.4. The summed E-state index contributed by atoms with van der Waals surface area (Å²) >= 11 is 0. The summed E-state index contributed by atoms with van der Waals surface area (Å²) in [5, 5.41) is 16.7. The Hall–Kier alpha value is -1.36. The Morgan fingerprint density at radius 1 is 1.42 bits per heavy atom. The summed E-state index contributed by atoms with van der Waals surface area (Å²) in [6, 6.07) is 0. The van der Waals surface area contributed by atoms with Crippen LogP contribution in [0.4, 0.5) is 0 Å². The number of rotatable bonds is 7. The summed E-state index contributed by atoms with van der Waals surface area (Å²) in [4.78, 5) is 12.1. The quantitative estimate of drug-likeness (QED) is 0.791. The first-order chi connectivity index (χ1) is 9.01. The van der Waals surface area contributed by atoms with Gasteiger partial charge in [0.15, 0.2) is 0 Å². The average Bonchev–Trinajstić information content (AvgIpc) is 2.64. The third-order valence-corrected chi connectivity index (χ3v) is 3.28. The van der Waals surface area contributed by atoms with Crippen LogP contribution in [-0.4, -0.2) is 33.4 Å². The van der Waals surface area contributed by atoms with Crippen molar-refractivity contribution in [3.8, 4) is 0 Å². The molecule has 5 heteroatoms. The second kappa shape index (κ2) is 7.28. The molecule has 0 aliphatic carbocycles. The predicted molar refractivity (Wildman–Crippen MR) is 75.2 cm³/mol. The van der Waals surface area contributed by atoms with Crippen LogP contribution in [0.25, 0.3) is 0 Å². The number of nitrogens with one attached hydrogen (secondary N) is 1. The van der Waals surface area contributed by atoms with Crippen LogP contribution in [0.2, 0.25) is 0 Å². The number of nitrogens with zero attached hydrogens (tertiary/aromatic N) is 2. The van der Waals surface area contributed by atoms with Gasteiger partial charge in [0.1, 0.15) is 0 Å². The Balaban J connectivity index is 2.66. The van der Waals surface area contributed by atoms with Crippen LogP contribution in [0.5, 0.6) is 0 Å². The van der Waals surface area contributed by atoms with Crippen LogP contribution in [-0.2, 0) is 6.54 Å². The Labute approximate surface area is 115 Å². The van der Waals surface area contributed by atoms with Crippen LogP contribution >= 0.6 is 0 Å². The molecule has 19 heavy (non-hydrogen) atoms. The number of hydrogen-bond acceptors (Lipinski definition) is 3. The predicted octanol–water partition coefficient (Wildman–Crippen LogP) is 1.80. The van der Waals surface area contributed by atoms with Crippen molar-refractivity contribution in [2.45, 2.75) is 59.6 Å². The summed E-state index contributed by atoms with van der Waals surface area (Å²) in [6.07, 6.45) is 1.95. The highest BCUT2D eigenvalue weighted by molar-refractivity contribution is 5.96. The van der Waals surface area contributed by atoms with Gasteiger partial charge in [-0.15, -0.1) is 0 Å². The molecule has 0 radical (unpaired) electrons. The van der Waals surface area contributed by atoms with Crippen molar-refractivity contribution in [2.75, 3.05) is 6.54 Å². The van der Waals surface area contributed by atoms with E-state index < -0.39 is 0 Å². The van der Waals surface area contributed by atoms with E-state index in [-0.39, 0.29) is 12.0 Å². The lowest BCUT2D eigenvalue weighted by atomic mass is 10.1. The van der Waals surface area contributed by atoms with Crippen molar-refractivity contribution >= 4 is 5.91 Å². The Bertz CT molecular complexity index is 427. The van der Waals surface area contributed by atoms with Crippen molar-refractivity contribution in [1.82, 2.24) is 15.1 Å². The van der Waals surface area contributed by atoms with Crippen molar-refractivity contribution in [3.63, 3.8) is 0 Å². The first-order valence-corrected chi connectivity index (χ1v) is 7.01. The summed E-state index contributed by atoms with van der Waals surface area (Å²) in [5.41, 5.74) is 2.34. The molecule has 1 heterocycles. The van der Waals surface area contributed by atoms with Gasteiger partial charge < -0.3 is 10.4 Å².